The summed E-state index contributed by atoms with van der Waals surface area (Å²) in [5, 5.41) is 16.8. The fourth-order valence-corrected chi connectivity index (χ4v) is 1.41. The number of carboxylic acid groups (broad SMARTS) is 2. The molecule has 0 bridgehead atoms. The first-order chi connectivity index (χ1) is 12.8. The zero-order valence-corrected chi connectivity index (χ0v) is 17.3. The van der Waals surface area contributed by atoms with Gasteiger partial charge in [-0.3, -0.25) is 0 Å². The van der Waals surface area contributed by atoms with Gasteiger partial charge < -0.3 is 10.2 Å². The highest BCUT2D eigenvalue weighted by Crippen LogP contribution is 2.14. The van der Waals surface area contributed by atoms with Crippen LogP contribution in [0.3, 0.4) is 0 Å². The Bertz CT molecular complexity index is 634. The number of aromatic carboxylic acids is 2. The molecule has 0 saturated heterocycles. The molecule has 0 aliphatic heterocycles. The molecular formula is C22H30O6. The Hall–Kier alpha value is -2.70. The van der Waals surface area contributed by atoms with Crippen molar-refractivity contribution in [2.75, 3.05) is 0 Å². The quantitative estimate of drug-likeness (QED) is 0.545. The maximum atomic E-state index is 10.2. The second-order valence-corrected chi connectivity index (χ2v) is 7.73. The van der Waals surface area contributed by atoms with E-state index in [1.165, 1.54) is 0 Å². The van der Waals surface area contributed by atoms with E-state index in [2.05, 4.69) is 0 Å². The van der Waals surface area contributed by atoms with E-state index in [1.54, 1.807) is 60.7 Å². The fraction of sp³-hybridized carbons (Fsp3) is 0.364. The van der Waals surface area contributed by atoms with Gasteiger partial charge in [-0.15, -0.1) is 0 Å². The topological polar surface area (TPSA) is 93.1 Å². The summed E-state index contributed by atoms with van der Waals surface area (Å²) in [6.45, 7) is 11.7. The first-order valence-electron chi connectivity index (χ1n) is 8.75. The lowest BCUT2D eigenvalue weighted by Gasteiger charge is -2.24. The van der Waals surface area contributed by atoms with E-state index in [0.29, 0.717) is 11.1 Å². The fourth-order valence-electron chi connectivity index (χ4n) is 1.41. The average molecular weight is 390 g/mol. The molecule has 2 N–H and O–H groups in total. The number of rotatable bonds is 3. The Morgan fingerprint density at radius 1 is 0.607 bits per heavy atom. The molecule has 0 fully saturated rings. The van der Waals surface area contributed by atoms with Crippen molar-refractivity contribution in [1.29, 1.82) is 0 Å². The Labute approximate surface area is 166 Å². The molecule has 0 amide bonds. The highest BCUT2D eigenvalue weighted by atomic mass is 17.2. The minimum absolute atomic E-state index is 0.215. The van der Waals surface area contributed by atoms with Crippen LogP contribution in [-0.4, -0.2) is 33.4 Å². The molecule has 0 spiro atoms. The lowest BCUT2D eigenvalue weighted by atomic mass is 10.2. The second kappa shape index (κ2) is 11.9. The van der Waals surface area contributed by atoms with Crippen LogP contribution in [0.2, 0.25) is 0 Å². The Balaban J connectivity index is 0.000000391. The van der Waals surface area contributed by atoms with Gasteiger partial charge in [0.2, 0.25) is 0 Å². The number of carboxylic acids is 2. The van der Waals surface area contributed by atoms with Gasteiger partial charge in [0.05, 0.1) is 22.3 Å². The molecule has 0 aliphatic rings. The standard InChI is InChI=1S/C8H18O2.2C7H6O2/c1-7(2,3)9-10-8(4,5)6;2*8-7(9)6-4-2-1-3-5-6/h1-6H3;2*1-5H,(H,8,9). The molecule has 6 heteroatoms. The normalized spacial score (nSPS) is 10.6. The molecule has 2 aromatic rings. The maximum Gasteiger partial charge on any atom is 0.335 e. The average Bonchev–Trinajstić information content (AvgIpc) is 2.61. The number of carbonyl (C=O) groups is 2. The van der Waals surface area contributed by atoms with Crippen LogP contribution in [-0.2, 0) is 9.78 Å². The molecule has 154 valence electrons. The third-order valence-electron chi connectivity index (χ3n) is 2.58. The zero-order chi connectivity index (χ0) is 21.8. The molecule has 28 heavy (non-hydrogen) atoms. The van der Waals surface area contributed by atoms with Gasteiger partial charge in [0.15, 0.2) is 0 Å². The summed E-state index contributed by atoms with van der Waals surface area (Å²) in [6, 6.07) is 16.6. The van der Waals surface area contributed by atoms with E-state index >= 15 is 0 Å². The van der Waals surface area contributed by atoms with Crippen LogP contribution in [0, 0.1) is 0 Å². The van der Waals surface area contributed by atoms with Crippen LogP contribution in [0.5, 0.6) is 0 Å². The first kappa shape index (κ1) is 25.3. The molecule has 2 aromatic carbocycles. The van der Waals surface area contributed by atoms with Crippen LogP contribution >= 0.6 is 0 Å². The lowest BCUT2D eigenvalue weighted by Crippen LogP contribution is -2.27. The van der Waals surface area contributed by atoms with Gasteiger partial charge in [-0.1, -0.05) is 36.4 Å². The van der Waals surface area contributed by atoms with Crippen LogP contribution in [0.1, 0.15) is 62.3 Å². The molecule has 2 rings (SSSR count). The summed E-state index contributed by atoms with van der Waals surface area (Å²) in [6.07, 6.45) is 0. The third-order valence-corrected chi connectivity index (χ3v) is 2.58. The van der Waals surface area contributed by atoms with Crippen LogP contribution in [0.15, 0.2) is 60.7 Å². The van der Waals surface area contributed by atoms with Gasteiger partial charge in [0.1, 0.15) is 0 Å². The highest BCUT2D eigenvalue weighted by molar-refractivity contribution is 5.87. The van der Waals surface area contributed by atoms with Crippen molar-refractivity contribution in [2.45, 2.75) is 52.7 Å². The van der Waals surface area contributed by atoms with Crippen molar-refractivity contribution in [3.05, 3.63) is 71.8 Å². The van der Waals surface area contributed by atoms with Crippen molar-refractivity contribution in [1.82, 2.24) is 0 Å². The van der Waals surface area contributed by atoms with Gasteiger partial charge in [-0.05, 0) is 65.8 Å². The van der Waals surface area contributed by atoms with E-state index in [-0.39, 0.29) is 11.2 Å². The summed E-state index contributed by atoms with van der Waals surface area (Å²) in [5.41, 5.74) is 0.232. The van der Waals surface area contributed by atoms with Gasteiger partial charge in [0.25, 0.3) is 0 Å². The maximum absolute atomic E-state index is 10.2. The van der Waals surface area contributed by atoms with Gasteiger partial charge in [-0.25, -0.2) is 19.4 Å². The Morgan fingerprint density at radius 2 is 0.857 bits per heavy atom. The van der Waals surface area contributed by atoms with Crippen molar-refractivity contribution in [3.8, 4) is 0 Å². The molecule has 0 unspecified atom stereocenters. The van der Waals surface area contributed by atoms with Crippen molar-refractivity contribution in [2.24, 2.45) is 0 Å². The Kier molecular flexibility index (Phi) is 10.7. The predicted molar refractivity (Wildman–Crippen MR) is 108 cm³/mol. The minimum atomic E-state index is -0.879. The molecular weight excluding hydrogens is 360 g/mol. The molecule has 0 saturated carbocycles. The zero-order valence-electron chi connectivity index (χ0n) is 17.3. The number of hydrogen-bond acceptors (Lipinski definition) is 4. The predicted octanol–water partition coefficient (Wildman–Crippen LogP) is 5.30. The largest absolute Gasteiger partial charge is 0.478 e. The van der Waals surface area contributed by atoms with Gasteiger partial charge in [0, 0.05) is 0 Å². The lowest BCUT2D eigenvalue weighted by molar-refractivity contribution is -0.393. The first-order valence-corrected chi connectivity index (χ1v) is 8.75. The van der Waals surface area contributed by atoms with Crippen molar-refractivity contribution < 1.29 is 29.6 Å². The Morgan fingerprint density at radius 3 is 1.00 bits per heavy atom. The highest BCUT2D eigenvalue weighted by Gasteiger charge is 2.18. The summed E-state index contributed by atoms with van der Waals surface area (Å²) in [7, 11) is 0. The molecule has 0 aliphatic carbocycles. The summed E-state index contributed by atoms with van der Waals surface area (Å²) in [4.78, 5) is 30.6. The summed E-state index contributed by atoms with van der Waals surface area (Å²) in [5.74, 6) is -1.76. The number of benzene rings is 2. The number of hydrogen-bond donors (Lipinski definition) is 2. The van der Waals surface area contributed by atoms with E-state index in [0.717, 1.165) is 0 Å². The van der Waals surface area contributed by atoms with Crippen molar-refractivity contribution in [3.63, 3.8) is 0 Å². The van der Waals surface area contributed by atoms with E-state index in [9.17, 15) is 9.59 Å². The summed E-state index contributed by atoms with van der Waals surface area (Å²) < 4.78 is 0. The van der Waals surface area contributed by atoms with E-state index in [4.69, 9.17) is 20.0 Å². The molecule has 0 aromatic heterocycles. The summed E-state index contributed by atoms with van der Waals surface area (Å²) >= 11 is 0. The smallest absolute Gasteiger partial charge is 0.335 e. The molecule has 0 heterocycles. The van der Waals surface area contributed by atoms with E-state index in [1.807, 2.05) is 41.5 Å². The molecule has 6 nitrogen and oxygen atoms in total. The van der Waals surface area contributed by atoms with Crippen molar-refractivity contribution >= 4 is 11.9 Å². The molecule has 0 radical (unpaired) electrons. The second-order valence-electron chi connectivity index (χ2n) is 7.73. The minimum Gasteiger partial charge on any atom is -0.478 e. The molecule has 0 atom stereocenters. The van der Waals surface area contributed by atoms with Crippen LogP contribution in [0.25, 0.3) is 0 Å². The van der Waals surface area contributed by atoms with Crippen LogP contribution in [0.4, 0.5) is 0 Å². The third kappa shape index (κ3) is 14.5. The van der Waals surface area contributed by atoms with Crippen LogP contribution < -0.4 is 0 Å². The SMILES string of the molecule is CC(C)(C)OOC(C)(C)C.O=C(O)c1ccccc1.O=C(O)c1ccccc1. The van der Waals surface area contributed by atoms with Gasteiger partial charge >= 0.3 is 11.9 Å². The monoisotopic (exact) mass is 390 g/mol. The van der Waals surface area contributed by atoms with Gasteiger partial charge in [-0.2, -0.15) is 0 Å². The van der Waals surface area contributed by atoms with E-state index < -0.39 is 11.9 Å².